The monoisotopic (exact) mass is 1200 g/mol. The van der Waals surface area contributed by atoms with E-state index in [0.29, 0.717) is 0 Å². The summed E-state index contributed by atoms with van der Waals surface area (Å²) in [5.41, 5.74) is 20.9. The fraction of sp³-hybridized carbons (Fsp3) is 0.186. The molecular formula is C86H76N4O2. The van der Waals surface area contributed by atoms with E-state index in [1.54, 1.807) is 0 Å². The van der Waals surface area contributed by atoms with Crippen LogP contribution in [0.3, 0.4) is 0 Å². The van der Waals surface area contributed by atoms with Gasteiger partial charge >= 0.3 is 0 Å². The lowest BCUT2D eigenvalue weighted by Crippen LogP contribution is -2.14. The fourth-order valence-corrected chi connectivity index (χ4v) is 14.3. The third-order valence-electron chi connectivity index (χ3n) is 19.3. The SMILES string of the molecule is CC(C)(C)c1ccc(N(c2ccc(C(C)(C)C)cc2)c2ccc3c(c2)oc2c(-n4c5ccccc5c5ccccc54)c4c(-n5c6ccccc6c6ccccc65)c5oc6cc(N(c7ccc(C(C)(C)C)cc7)c7ccc(C(C)(C)C)cc7)ccc6c5cc4cc23)cc1. The second-order valence-electron chi connectivity index (χ2n) is 29.5. The van der Waals surface area contributed by atoms with Crippen LogP contribution in [0.4, 0.5) is 34.1 Å². The van der Waals surface area contributed by atoms with Gasteiger partial charge in [-0.2, -0.15) is 0 Å². The van der Waals surface area contributed by atoms with E-state index in [4.69, 9.17) is 8.83 Å². The van der Waals surface area contributed by atoms with Crippen LogP contribution in [0.1, 0.15) is 105 Å². The molecule has 452 valence electrons. The molecule has 0 aliphatic carbocycles. The molecule has 0 spiro atoms. The maximum atomic E-state index is 7.71. The first kappa shape index (κ1) is 56.9. The predicted molar refractivity (Wildman–Crippen MR) is 391 cm³/mol. The lowest BCUT2D eigenvalue weighted by molar-refractivity contribution is 0.590. The molecule has 0 unspecified atom stereocenters. The van der Waals surface area contributed by atoms with E-state index in [9.17, 15) is 0 Å². The van der Waals surface area contributed by atoms with Gasteiger partial charge in [0.25, 0.3) is 0 Å². The molecule has 16 rings (SSSR count). The minimum Gasteiger partial charge on any atom is -0.454 e. The molecular weight excluding hydrogens is 1120 g/mol. The van der Waals surface area contributed by atoms with Gasteiger partial charge in [-0.05, 0) is 158 Å². The Bertz CT molecular complexity index is 5020. The quantitative estimate of drug-likeness (QED) is 0.152. The van der Waals surface area contributed by atoms with Gasteiger partial charge in [-0.15, -0.1) is 0 Å². The molecule has 0 saturated carbocycles. The molecule has 0 saturated heterocycles. The van der Waals surface area contributed by atoms with Crippen LogP contribution in [-0.4, -0.2) is 9.13 Å². The van der Waals surface area contributed by atoms with E-state index in [-0.39, 0.29) is 21.7 Å². The Kier molecular flexibility index (Phi) is 12.7. The zero-order valence-corrected chi connectivity index (χ0v) is 54.7. The highest BCUT2D eigenvalue weighted by Crippen LogP contribution is 2.51. The summed E-state index contributed by atoms with van der Waals surface area (Å²) in [6.45, 7) is 27.3. The molecule has 0 aliphatic heterocycles. The van der Waals surface area contributed by atoms with Gasteiger partial charge in [0.1, 0.15) is 11.2 Å². The highest BCUT2D eigenvalue weighted by Gasteiger charge is 2.30. The highest BCUT2D eigenvalue weighted by atomic mass is 16.3. The number of hydrogen-bond donors (Lipinski definition) is 0. The molecule has 16 aromatic rings. The lowest BCUT2D eigenvalue weighted by Gasteiger charge is -2.28. The van der Waals surface area contributed by atoms with Crippen molar-refractivity contribution in [1.82, 2.24) is 9.13 Å². The Morgan fingerprint density at radius 3 is 0.793 bits per heavy atom. The van der Waals surface area contributed by atoms with Gasteiger partial charge in [0.05, 0.1) is 33.4 Å². The third-order valence-corrected chi connectivity index (χ3v) is 19.3. The molecule has 6 heteroatoms. The van der Waals surface area contributed by atoms with Crippen molar-refractivity contribution < 1.29 is 8.83 Å². The van der Waals surface area contributed by atoms with Gasteiger partial charge in [0, 0.05) is 94.7 Å². The van der Waals surface area contributed by atoms with Gasteiger partial charge in [-0.1, -0.05) is 204 Å². The van der Waals surface area contributed by atoms with Crippen molar-refractivity contribution in [3.63, 3.8) is 0 Å². The van der Waals surface area contributed by atoms with Crippen LogP contribution in [0, 0.1) is 0 Å². The summed E-state index contributed by atoms with van der Waals surface area (Å²) in [7, 11) is 0. The number of fused-ring (bicyclic) bond motifs is 13. The zero-order valence-electron chi connectivity index (χ0n) is 54.7. The summed E-state index contributed by atoms with van der Waals surface area (Å²) in [4.78, 5) is 4.73. The number of anilines is 6. The number of furan rings is 2. The molecule has 0 amide bonds. The molecule has 0 N–H and O–H groups in total. The first-order valence-electron chi connectivity index (χ1n) is 32.5. The van der Waals surface area contributed by atoms with Gasteiger partial charge < -0.3 is 27.8 Å². The molecule has 0 bridgehead atoms. The van der Waals surface area contributed by atoms with Crippen molar-refractivity contribution in [3.05, 3.63) is 265 Å². The van der Waals surface area contributed by atoms with Gasteiger partial charge in [0.2, 0.25) is 0 Å². The van der Waals surface area contributed by atoms with E-state index in [1.807, 2.05) is 0 Å². The van der Waals surface area contributed by atoms with Gasteiger partial charge in [-0.25, -0.2) is 0 Å². The van der Waals surface area contributed by atoms with Crippen molar-refractivity contribution >= 4 is 132 Å². The summed E-state index contributed by atoms with van der Waals surface area (Å²) < 4.78 is 20.4. The van der Waals surface area contributed by atoms with Crippen molar-refractivity contribution in [3.8, 4) is 11.4 Å². The number of benzene rings is 12. The number of para-hydroxylation sites is 4. The molecule has 0 fully saturated rings. The van der Waals surface area contributed by atoms with E-state index < -0.39 is 0 Å². The first-order valence-corrected chi connectivity index (χ1v) is 32.5. The maximum Gasteiger partial charge on any atom is 0.160 e. The molecule has 4 aromatic heterocycles. The Morgan fingerprint density at radius 2 is 0.522 bits per heavy atom. The molecule has 92 heavy (non-hydrogen) atoms. The number of hydrogen-bond acceptors (Lipinski definition) is 4. The smallest absolute Gasteiger partial charge is 0.160 e. The summed E-state index contributed by atoms with van der Waals surface area (Å²) in [6, 6.07) is 89.9. The fourth-order valence-electron chi connectivity index (χ4n) is 14.3. The van der Waals surface area contributed by atoms with Gasteiger partial charge in [0.15, 0.2) is 11.2 Å². The van der Waals surface area contributed by atoms with Crippen LogP contribution < -0.4 is 9.80 Å². The molecule has 4 heterocycles. The Balaban J connectivity index is 1.01. The lowest BCUT2D eigenvalue weighted by atomic mass is 9.86. The third kappa shape index (κ3) is 9.20. The number of aromatic nitrogens is 2. The van der Waals surface area contributed by atoms with Crippen LogP contribution >= 0.6 is 0 Å². The summed E-state index contributed by atoms with van der Waals surface area (Å²) in [5.74, 6) is 0. The second kappa shape index (κ2) is 20.6. The average molecular weight is 1200 g/mol. The highest BCUT2D eigenvalue weighted by molar-refractivity contribution is 6.26. The summed E-state index contributed by atoms with van der Waals surface area (Å²) in [5, 5.41) is 10.9. The average Bonchev–Trinajstić information content (AvgIpc) is 1.49. The second-order valence-corrected chi connectivity index (χ2v) is 29.5. The summed E-state index contributed by atoms with van der Waals surface area (Å²) in [6.07, 6.45) is 0. The van der Waals surface area contributed by atoms with E-state index in [2.05, 4.69) is 345 Å². The van der Waals surface area contributed by atoms with E-state index >= 15 is 0 Å². The topological polar surface area (TPSA) is 42.6 Å². The standard InChI is InChI=1S/C86H76N4O2/c1-83(2,3)54-29-37-58(38-30-54)87(59-39-31-55(32-40-59)84(4,5)6)62-45-47-68-70-49-53-50-71-69-48-46-63(88(60-41-33-56(34-42-60)85(7,8)9)61-43-35-57(36-44-61)86(10,11)12)52-77(69)92-82(71)80(90-74-27-19-15-23-66(74)67-24-16-20-28-75(67)90)78(53)79(81(70)91-76(68)51-62)89-72-25-17-13-21-64(72)65-22-14-18-26-73(65)89/h13-52H,1-12H3. The van der Waals surface area contributed by atoms with Crippen LogP contribution in [0.2, 0.25) is 0 Å². The Labute approximate surface area is 538 Å². The molecule has 6 nitrogen and oxygen atoms in total. The zero-order chi connectivity index (χ0) is 63.3. The largest absolute Gasteiger partial charge is 0.454 e. The molecule has 12 aromatic carbocycles. The predicted octanol–water partition coefficient (Wildman–Crippen LogP) is 25.0. The van der Waals surface area contributed by atoms with E-state index in [1.165, 1.54) is 43.8 Å². The van der Waals surface area contributed by atoms with Crippen LogP contribution in [0.5, 0.6) is 0 Å². The van der Waals surface area contributed by atoms with Gasteiger partial charge in [-0.3, -0.25) is 0 Å². The number of rotatable bonds is 8. The van der Waals surface area contributed by atoms with Crippen molar-refractivity contribution in [2.45, 2.75) is 105 Å². The van der Waals surface area contributed by atoms with Crippen molar-refractivity contribution in [2.24, 2.45) is 0 Å². The van der Waals surface area contributed by atoms with Crippen LogP contribution in [-0.2, 0) is 21.7 Å². The normalized spacial score (nSPS) is 12.8. The Hall–Kier alpha value is -10.3. The van der Waals surface area contributed by atoms with E-state index in [0.717, 1.165) is 122 Å². The molecule has 0 atom stereocenters. The van der Waals surface area contributed by atoms with Crippen molar-refractivity contribution in [1.29, 1.82) is 0 Å². The minimum absolute atomic E-state index is 0.00456. The minimum atomic E-state index is 0.00456. The maximum absolute atomic E-state index is 7.71. The van der Waals surface area contributed by atoms with Crippen molar-refractivity contribution in [2.75, 3.05) is 9.80 Å². The first-order chi connectivity index (χ1) is 44.2. The van der Waals surface area contributed by atoms with Crippen LogP contribution in [0.15, 0.2) is 251 Å². The number of nitrogens with zero attached hydrogens (tertiary/aromatic N) is 4. The molecule has 0 aliphatic rings. The summed E-state index contributed by atoms with van der Waals surface area (Å²) >= 11 is 0. The molecule has 0 radical (unpaired) electrons. The Morgan fingerprint density at radius 1 is 0.261 bits per heavy atom. The van der Waals surface area contributed by atoms with Crippen LogP contribution in [0.25, 0.3) is 110 Å².